The van der Waals surface area contributed by atoms with Crippen molar-refractivity contribution >= 4 is 21.7 Å². The Morgan fingerprint density at radius 1 is 1.20 bits per heavy atom. The second-order valence-corrected chi connectivity index (χ2v) is 11.8. The number of aliphatic hydroxyl groups excluding tert-OH is 1. The van der Waals surface area contributed by atoms with Gasteiger partial charge in [0.2, 0.25) is 10.0 Å². The number of urea groups is 1. The number of sulfonamides is 1. The summed E-state index contributed by atoms with van der Waals surface area (Å²) in [6, 6.07) is 14.3. The molecule has 0 unspecified atom stereocenters. The summed E-state index contributed by atoms with van der Waals surface area (Å²) in [6.45, 7) is 3.45. The van der Waals surface area contributed by atoms with E-state index >= 15 is 0 Å². The molecule has 1 aliphatic heterocycles. The second kappa shape index (κ2) is 13.0. The Morgan fingerprint density at radius 2 is 1.93 bits per heavy atom. The number of aliphatic hydroxyl groups is 1. The van der Waals surface area contributed by atoms with Crippen LogP contribution < -0.4 is 14.8 Å². The highest BCUT2D eigenvalue weighted by molar-refractivity contribution is 7.89. The maximum absolute atomic E-state index is 13.7. The zero-order chi connectivity index (χ0) is 29.6. The number of carbonyl (C=O) groups excluding carboxylic acids is 1. The second-order valence-electron chi connectivity index (χ2n) is 9.93. The van der Waals surface area contributed by atoms with Gasteiger partial charge in [-0.2, -0.15) is 4.31 Å². The summed E-state index contributed by atoms with van der Waals surface area (Å²) >= 11 is 0. The highest BCUT2D eigenvalue weighted by Crippen LogP contribution is 2.34. The lowest BCUT2D eigenvalue weighted by molar-refractivity contribution is 0.0830. The number of hydrogen-bond acceptors (Lipinski definition) is 7. The van der Waals surface area contributed by atoms with Crippen LogP contribution in [0.3, 0.4) is 0 Å². The van der Waals surface area contributed by atoms with Crippen LogP contribution in [0.1, 0.15) is 25.0 Å². The van der Waals surface area contributed by atoms with Gasteiger partial charge in [-0.1, -0.05) is 24.8 Å². The monoisotopic (exact) mass is 578 g/mol. The predicted molar refractivity (Wildman–Crippen MR) is 155 cm³/mol. The Balaban J connectivity index is 1.65. The molecule has 2 N–H and O–H groups in total. The zero-order valence-electron chi connectivity index (χ0n) is 23.4. The first-order valence-electron chi connectivity index (χ1n) is 13.1. The van der Waals surface area contributed by atoms with Crippen LogP contribution in [-0.2, 0) is 10.0 Å². The average Bonchev–Trinajstić information content (AvgIpc) is 2.97. The van der Waals surface area contributed by atoms with Crippen LogP contribution in [0.15, 0.2) is 71.9 Å². The molecule has 11 heteroatoms. The van der Waals surface area contributed by atoms with Crippen LogP contribution in [0.4, 0.5) is 10.5 Å². The molecule has 0 saturated carbocycles. The first-order valence-corrected chi connectivity index (χ1v) is 14.6. The van der Waals surface area contributed by atoms with Crippen molar-refractivity contribution < 1.29 is 27.8 Å². The molecule has 216 valence electrons. The quantitative estimate of drug-likeness (QED) is 0.430. The SMILES string of the molecule is COc1cccc(NC(=O)N(C)C[C@@H]2Oc3cc(C#Cc4ccncc4)ccc3S(=O)(=O)N([C@@H](C)CO)C[C@H]2C)c1. The lowest BCUT2D eigenvalue weighted by Crippen LogP contribution is -2.50. The van der Waals surface area contributed by atoms with Gasteiger partial charge in [0.15, 0.2) is 0 Å². The summed E-state index contributed by atoms with van der Waals surface area (Å²) < 4.78 is 40.3. The third kappa shape index (κ3) is 7.16. The number of likely N-dealkylation sites (N-methyl/N-ethyl adjacent to an activating group) is 1. The van der Waals surface area contributed by atoms with E-state index in [2.05, 4.69) is 22.1 Å². The molecule has 0 fully saturated rings. The van der Waals surface area contributed by atoms with Crippen molar-refractivity contribution in [2.75, 3.05) is 39.2 Å². The number of carbonyl (C=O) groups is 1. The third-order valence-corrected chi connectivity index (χ3v) is 8.84. The minimum atomic E-state index is -4.00. The van der Waals surface area contributed by atoms with Gasteiger partial charge in [-0.05, 0) is 49.4 Å². The molecule has 3 atom stereocenters. The Hall–Kier alpha value is -4.11. The van der Waals surface area contributed by atoms with Crippen molar-refractivity contribution in [1.82, 2.24) is 14.2 Å². The van der Waals surface area contributed by atoms with Gasteiger partial charge in [-0.15, -0.1) is 0 Å². The van der Waals surface area contributed by atoms with Gasteiger partial charge in [0, 0.05) is 60.8 Å². The van der Waals surface area contributed by atoms with Crippen molar-refractivity contribution in [2.45, 2.75) is 30.9 Å². The summed E-state index contributed by atoms with van der Waals surface area (Å²) in [6.07, 6.45) is 2.72. The average molecular weight is 579 g/mol. The van der Waals surface area contributed by atoms with E-state index in [1.54, 1.807) is 82.0 Å². The molecule has 1 aromatic heterocycles. The van der Waals surface area contributed by atoms with Gasteiger partial charge in [-0.3, -0.25) is 4.98 Å². The van der Waals surface area contributed by atoms with Crippen LogP contribution >= 0.6 is 0 Å². The molecule has 3 aromatic rings. The molecule has 0 spiro atoms. The minimum absolute atomic E-state index is 0.0207. The van der Waals surface area contributed by atoms with Crippen molar-refractivity contribution in [1.29, 1.82) is 0 Å². The summed E-state index contributed by atoms with van der Waals surface area (Å²) in [5.74, 6) is 6.52. The van der Waals surface area contributed by atoms with E-state index in [-0.39, 0.29) is 42.3 Å². The standard InChI is InChI=1S/C30H34N4O6S/c1-21-18-34(22(2)20-35)41(37,38)29-11-10-24(9-8-23-12-14-31-15-13-23)16-27(29)40-28(21)19-33(3)30(36)32-25-6-5-7-26(17-25)39-4/h5-7,10-17,21-22,28,35H,18-20H2,1-4H3,(H,32,36)/t21-,22+,28+/m1/s1. The number of nitrogens with zero attached hydrogens (tertiary/aromatic N) is 3. The van der Waals surface area contributed by atoms with Gasteiger partial charge < -0.3 is 24.8 Å². The van der Waals surface area contributed by atoms with Gasteiger partial charge in [-0.25, -0.2) is 13.2 Å². The topological polar surface area (TPSA) is 121 Å². The Bertz CT molecular complexity index is 1540. The molecule has 0 aliphatic carbocycles. The molecular formula is C30H34N4O6S. The van der Waals surface area contributed by atoms with Crippen LogP contribution in [0.25, 0.3) is 0 Å². The molecule has 0 saturated heterocycles. The van der Waals surface area contributed by atoms with E-state index in [1.807, 2.05) is 6.92 Å². The number of fused-ring (bicyclic) bond motifs is 1. The predicted octanol–water partition coefficient (Wildman–Crippen LogP) is 3.42. The van der Waals surface area contributed by atoms with Gasteiger partial charge in [0.25, 0.3) is 0 Å². The molecule has 2 amide bonds. The number of pyridine rings is 1. The van der Waals surface area contributed by atoms with E-state index < -0.39 is 22.2 Å². The number of hydrogen-bond donors (Lipinski definition) is 2. The number of anilines is 1. The van der Waals surface area contributed by atoms with E-state index in [4.69, 9.17) is 9.47 Å². The van der Waals surface area contributed by atoms with Crippen molar-refractivity contribution in [3.05, 3.63) is 78.1 Å². The van der Waals surface area contributed by atoms with E-state index in [0.29, 0.717) is 17.0 Å². The largest absolute Gasteiger partial charge is 0.497 e. The Labute approximate surface area is 241 Å². The molecule has 2 heterocycles. The summed E-state index contributed by atoms with van der Waals surface area (Å²) in [5.41, 5.74) is 1.90. The molecule has 41 heavy (non-hydrogen) atoms. The lowest BCUT2D eigenvalue weighted by Gasteiger charge is -2.37. The van der Waals surface area contributed by atoms with Crippen molar-refractivity contribution in [3.63, 3.8) is 0 Å². The van der Waals surface area contributed by atoms with E-state index in [0.717, 1.165) is 5.56 Å². The smallest absolute Gasteiger partial charge is 0.321 e. The van der Waals surface area contributed by atoms with Crippen LogP contribution in [0.2, 0.25) is 0 Å². The van der Waals surface area contributed by atoms with Gasteiger partial charge in [0.1, 0.15) is 22.5 Å². The number of methoxy groups -OCH3 is 1. The Kier molecular flexibility index (Phi) is 9.50. The molecule has 10 nitrogen and oxygen atoms in total. The molecule has 4 rings (SSSR count). The molecular weight excluding hydrogens is 544 g/mol. The van der Waals surface area contributed by atoms with Crippen LogP contribution in [0.5, 0.6) is 11.5 Å². The van der Waals surface area contributed by atoms with E-state index in [1.165, 1.54) is 15.3 Å². The first kappa shape index (κ1) is 29.9. The molecule has 1 aliphatic rings. The maximum atomic E-state index is 13.7. The van der Waals surface area contributed by atoms with Crippen molar-refractivity contribution in [2.24, 2.45) is 5.92 Å². The number of benzene rings is 2. The highest BCUT2D eigenvalue weighted by Gasteiger charge is 2.38. The number of rotatable bonds is 6. The fraction of sp³-hybridized carbons (Fsp3) is 0.333. The van der Waals surface area contributed by atoms with Crippen molar-refractivity contribution in [3.8, 4) is 23.3 Å². The first-order chi connectivity index (χ1) is 19.6. The summed E-state index contributed by atoms with van der Waals surface area (Å²) in [7, 11) is -0.802. The van der Waals surface area contributed by atoms with Crippen LogP contribution in [-0.4, -0.2) is 79.7 Å². The fourth-order valence-corrected chi connectivity index (χ4v) is 6.20. The maximum Gasteiger partial charge on any atom is 0.321 e. The van der Waals surface area contributed by atoms with E-state index in [9.17, 15) is 18.3 Å². The zero-order valence-corrected chi connectivity index (χ0v) is 24.3. The summed E-state index contributed by atoms with van der Waals surface area (Å²) in [5, 5.41) is 12.7. The number of aromatic nitrogens is 1. The fourth-order valence-electron chi connectivity index (χ4n) is 4.37. The number of ether oxygens (including phenoxy) is 2. The number of nitrogens with one attached hydrogen (secondary N) is 1. The number of amides is 2. The Morgan fingerprint density at radius 3 is 2.63 bits per heavy atom. The highest BCUT2D eigenvalue weighted by atomic mass is 32.2. The van der Waals surface area contributed by atoms with Gasteiger partial charge >= 0.3 is 6.03 Å². The third-order valence-electron chi connectivity index (χ3n) is 6.82. The normalized spacial score (nSPS) is 18.8. The molecule has 2 aromatic carbocycles. The minimum Gasteiger partial charge on any atom is -0.497 e. The lowest BCUT2D eigenvalue weighted by atomic mass is 10.0. The van der Waals surface area contributed by atoms with Gasteiger partial charge in [0.05, 0.1) is 20.3 Å². The molecule has 0 bridgehead atoms. The van der Waals surface area contributed by atoms with Crippen LogP contribution in [0, 0.1) is 17.8 Å². The summed E-state index contributed by atoms with van der Waals surface area (Å²) in [4.78, 5) is 18.5. The molecule has 0 radical (unpaired) electrons.